The first-order valence-electron chi connectivity index (χ1n) is 6.36. The van der Waals surface area contributed by atoms with Gasteiger partial charge in [-0.2, -0.15) is 0 Å². The van der Waals surface area contributed by atoms with E-state index in [0.717, 1.165) is 36.3 Å². The Morgan fingerprint density at radius 3 is 2.56 bits per heavy atom. The Hall–Kier alpha value is -0.580. The molecule has 100 valence electrons. The van der Waals surface area contributed by atoms with Crippen LogP contribution in [0.25, 0.3) is 0 Å². The molecule has 1 aromatic rings. The Bertz CT molecular complexity index is 347. The summed E-state index contributed by atoms with van der Waals surface area (Å²) in [4.78, 5) is 0. The molecule has 3 nitrogen and oxygen atoms in total. The van der Waals surface area contributed by atoms with Gasteiger partial charge in [0, 0.05) is 30.2 Å². The second-order valence-electron chi connectivity index (χ2n) is 4.66. The van der Waals surface area contributed by atoms with Gasteiger partial charge in [0.15, 0.2) is 0 Å². The van der Waals surface area contributed by atoms with Crippen molar-refractivity contribution >= 4 is 15.9 Å². The number of rotatable bonds is 5. The summed E-state index contributed by atoms with van der Waals surface area (Å²) in [6, 6.07) is 7.78. The second kappa shape index (κ2) is 7.12. The molecule has 0 amide bonds. The number of aliphatic hydroxyl groups excluding tert-OH is 1. The van der Waals surface area contributed by atoms with Gasteiger partial charge in [-0.3, -0.25) is 0 Å². The third-order valence-electron chi connectivity index (χ3n) is 3.44. The van der Waals surface area contributed by atoms with Crippen LogP contribution in [0.3, 0.4) is 0 Å². The Labute approximate surface area is 116 Å². The third kappa shape index (κ3) is 3.97. The van der Waals surface area contributed by atoms with Crippen LogP contribution in [0, 0.1) is 11.8 Å². The first-order valence-corrected chi connectivity index (χ1v) is 7.16. The first-order chi connectivity index (χ1) is 8.79. The lowest BCUT2D eigenvalue weighted by atomic mass is 9.87. The molecule has 0 radical (unpaired) electrons. The summed E-state index contributed by atoms with van der Waals surface area (Å²) < 4.78 is 12.1. The molecule has 0 bridgehead atoms. The van der Waals surface area contributed by atoms with Crippen molar-refractivity contribution in [2.24, 2.45) is 11.8 Å². The molecule has 4 heteroatoms. The van der Waals surface area contributed by atoms with Crippen molar-refractivity contribution in [3.05, 3.63) is 28.7 Å². The van der Waals surface area contributed by atoms with Crippen LogP contribution in [0.4, 0.5) is 0 Å². The quantitative estimate of drug-likeness (QED) is 0.908. The fraction of sp³-hybridized carbons (Fsp3) is 0.571. The first kappa shape index (κ1) is 13.8. The molecule has 0 aromatic heterocycles. The molecule has 0 saturated carbocycles. The number of halogens is 1. The van der Waals surface area contributed by atoms with Crippen LogP contribution in [-0.2, 0) is 4.74 Å². The maximum atomic E-state index is 9.47. The number of benzene rings is 1. The van der Waals surface area contributed by atoms with Gasteiger partial charge in [-0.05, 0) is 43.0 Å². The molecule has 1 unspecified atom stereocenters. The molecular weight excluding hydrogens is 296 g/mol. The van der Waals surface area contributed by atoms with E-state index in [1.165, 1.54) is 0 Å². The van der Waals surface area contributed by atoms with E-state index in [0.29, 0.717) is 12.5 Å². The molecule has 0 spiro atoms. The van der Waals surface area contributed by atoms with Gasteiger partial charge in [-0.25, -0.2) is 0 Å². The summed E-state index contributed by atoms with van der Waals surface area (Å²) in [7, 11) is 0. The fourth-order valence-corrected chi connectivity index (χ4v) is 2.52. The van der Waals surface area contributed by atoms with Crippen LogP contribution in [0.2, 0.25) is 0 Å². The maximum Gasteiger partial charge on any atom is 0.119 e. The largest absolute Gasteiger partial charge is 0.493 e. The average molecular weight is 315 g/mol. The van der Waals surface area contributed by atoms with Gasteiger partial charge in [-0.15, -0.1) is 0 Å². The molecule has 18 heavy (non-hydrogen) atoms. The minimum atomic E-state index is 0.182. The predicted molar refractivity (Wildman–Crippen MR) is 73.8 cm³/mol. The summed E-state index contributed by atoms with van der Waals surface area (Å²) in [6.07, 6.45) is 2.05. The maximum absolute atomic E-state index is 9.47. The predicted octanol–water partition coefficient (Wildman–Crippen LogP) is 2.86. The summed E-state index contributed by atoms with van der Waals surface area (Å²) in [5.74, 6) is 1.57. The van der Waals surface area contributed by atoms with Crippen molar-refractivity contribution in [1.29, 1.82) is 0 Å². The highest BCUT2D eigenvalue weighted by molar-refractivity contribution is 9.10. The van der Waals surface area contributed by atoms with E-state index in [2.05, 4.69) is 15.9 Å². The van der Waals surface area contributed by atoms with E-state index in [-0.39, 0.29) is 12.5 Å². The average Bonchev–Trinajstić information content (AvgIpc) is 2.43. The third-order valence-corrected chi connectivity index (χ3v) is 3.97. The van der Waals surface area contributed by atoms with Gasteiger partial charge in [0.05, 0.1) is 6.61 Å². The molecule has 1 aliphatic heterocycles. The van der Waals surface area contributed by atoms with Crippen LogP contribution in [0.5, 0.6) is 5.75 Å². The van der Waals surface area contributed by atoms with Gasteiger partial charge in [0.2, 0.25) is 0 Å². The minimum absolute atomic E-state index is 0.182. The van der Waals surface area contributed by atoms with E-state index >= 15 is 0 Å². The fourth-order valence-electron chi connectivity index (χ4n) is 2.26. The normalized spacial score (nSPS) is 18.6. The van der Waals surface area contributed by atoms with Crippen molar-refractivity contribution in [1.82, 2.24) is 0 Å². The van der Waals surface area contributed by atoms with Gasteiger partial charge in [-0.1, -0.05) is 15.9 Å². The lowest BCUT2D eigenvalue weighted by Gasteiger charge is -2.28. The number of ether oxygens (including phenoxy) is 2. The van der Waals surface area contributed by atoms with Crippen LogP contribution in [-0.4, -0.2) is 31.5 Å². The Morgan fingerprint density at radius 2 is 1.94 bits per heavy atom. The van der Waals surface area contributed by atoms with Crippen molar-refractivity contribution in [2.75, 3.05) is 26.4 Å². The van der Waals surface area contributed by atoms with Gasteiger partial charge >= 0.3 is 0 Å². The SMILES string of the molecule is OCC(COc1ccc(Br)cc1)C1CCOCC1. The van der Waals surface area contributed by atoms with Gasteiger partial charge in [0.25, 0.3) is 0 Å². The lowest BCUT2D eigenvalue weighted by Crippen LogP contribution is -2.30. The molecule has 1 fully saturated rings. The minimum Gasteiger partial charge on any atom is -0.493 e. The monoisotopic (exact) mass is 314 g/mol. The van der Waals surface area contributed by atoms with Crippen molar-refractivity contribution in [3.63, 3.8) is 0 Å². The Morgan fingerprint density at radius 1 is 1.28 bits per heavy atom. The molecular formula is C14H19BrO3. The van der Waals surface area contributed by atoms with Crippen LogP contribution in [0.1, 0.15) is 12.8 Å². The van der Waals surface area contributed by atoms with Crippen molar-refractivity contribution in [2.45, 2.75) is 12.8 Å². The summed E-state index contributed by atoms with van der Waals surface area (Å²) in [6.45, 7) is 2.36. The van der Waals surface area contributed by atoms with E-state index in [1.54, 1.807) is 0 Å². The zero-order valence-corrected chi connectivity index (χ0v) is 11.9. The van der Waals surface area contributed by atoms with Gasteiger partial charge in [0.1, 0.15) is 5.75 Å². The summed E-state index contributed by atoms with van der Waals surface area (Å²) in [5, 5.41) is 9.47. The Balaban J connectivity index is 1.84. The molecule has 1 saturated heterocycles. The molecule has 1 N–H and O–H groups in total. The number of aliphatic hydroxyl groups is 1. The highest BCUT2D eigenvalue weighted by Gasteiger charge is 2.24. The molecule has 0 aliphatic carbocycles. The van der Waals surface area contributed by atoms with Crippen molar-refractivity contribution in [3.8, 4) is 5.75 Å². The topological polar surface area (TPSA) is 38.7 Å². The van der Waals surface area contributed by atoms with Crippen LogP contribution < -0.4 is 4.74 Å². The molecule has 1 atom stereocenters. The van der Waals surface area contributed by atoms with Gasteiger partial charge < -0.3 is 14.6 Å². The molecule has 1 heterocycles. The molecule has 1 aromatic carbocycles. The van der Waals surface area contributed by atoms with E-state index in [1.807, 2.05) is 24.3 Å². The molecule has 2 rings (SSSR count). The zero-order chi connectivity index (χ0) is 12.8. The summed E-state index contributed by atoms with van der Waals surface area (Å²) in [5.41, 5.74) is 0. The van der Waals surface area contributed by atoms with E-state index in [4.69, 9.17) is 9.47 Å². The summed E-state index contributed by atoms with van der Waals surface area (Å²) >= 11 is 3.39. The lowest BCUT2D eigenvalue weighted by molar-refractivity contribution is 0.0199. The van der Waals surface area contributed by atoms with Crippen LogP contribution in [0.15, 0.2) is 28.7 Å². The highest BCUT2D eigenvalue weighted by Crippen LogP contribution is 2.25. The van der Waals surface area contributed by atoms with Crippen molar-refractivity contribution < 1.29 is 14.6 Å². The van der Waals surface area contributed by atoms with Crippen LogP contribution >= 0.6 is 15.9 Å². The number of hydrogen-bond acceptors (Lipinski definition) is 3. The Kier molecular flexibility index (Phi) is 5.47. The smallest absolute Gasteiger partial charge is 0.119 e. The second-order valence-corrected chi connectivity index (χ2v) is 5.57. The highest BCUT2D eigenvalue weighted by atomic mass is 79.9. The van der Waals surface area contributed by atoms with E-state index in [9.17, 15) is 5.11 Å². The standard InChI is InChI=1S/C14H19BrO3/c15-13-1-3-14(4-2-13)18-10-12(9-16)11-5-7-17-8-6-11/h1-4,11-12,16H,5-10H2. The number of hydrogen-bond donors (Lipinski definition) is 1. The zero-order valence-electron chi connectivity index (χ0n) is 10.3. The van der Waals surface area contributed by atoms with E-state index < -0.39 is 0 Å². The molecule has 1 aliphatic rings.